The molecule has 0 radical (unpaired) electrons. The van der Waals surface area contributed by atoms with Crippen molar-refractivity contribution in [3.05, 3.63) is 99.1 Å². The number of aromatic amines is 1. The maximum Gasteiger partial charge on any atom is 0.349 e. The van der Waals surface area contributed by atoms with Crippen molar-refractivity contribution in [2.75, 3.05) is 13.7 Å². The van der Waals surface area contributed by atoms with Gasteiger partial charge in [0.1, 0.15) is 11.7 Å². The van der Waals surface area contributed by atoms with Crippen molar-refractivity contribution in [2.45, 2.75) is 25.2 Å². The Bertz CT molecular complexity index is 1460. The van der Waals surface area contributed by atoms with Crippen LogP contribution < -0.4 is 20.9 Å². The number of pyridine rings is 1. The van der Waals surface area contributed by atoms with Crippen LogP contribution in [0.1, 0.15) is 40.4 Å². The van der Waals surface area contributed by atoms with Crippen molar-refractivity contribution in [3.8, 4) is 17.3 Å². The number of aromatic nitrogens is 4. The molecule has 0 saturated heterocycles. The molecule has 5 rings (SSSR count). The number of nitrogens with one attached hydrogen (secondary N) is 2. The zero-order valence-electron chi connectivity index (χ0n) is 19.6. The van der Waals surface area contributed by atoms with E-state index in [1.54, 1.807) is 19.2 Å². The van der Waals surface area contributed by atoms with E-state index in [1.165, 1.54) is 18.3 Å². The van der Waals surface area contributed by atoms with Gasteiger partial charge in [0.2, 0.25) is 0 Å². The molecule has 1 unspecified atom stereocenters. The minimum Gasteiger partial charge on any atom is -0.493 e. The molecule has 0 amide bonds. The number of nitrogens with zero attached hydrogens (tertiary/aromatic N) is 3. The second kappa shape index (κ2) is 9.65. The summed E-state index contributed by atoms with van der Waals surface area (Å²) in [5.41, 5.74) is 8.46. The summed E-state index contributed by atoms with van der Waals surface area (Å²) in [6.07, 6.45) is 3.60. The third-order valence-corrected chi connectivity index (χ3v) is 6.22. The first-order valence-corrected chi connectivity index (χ1v) is 11.5. The molecular formula is C26H25FN6O3. The topological polar surface area (TPSA) is 132 Å². The molecule has 1 aliphatic heterocycles. The van der Waals surface area contributed by atoms with E-state index in [-0.39, 0.29) is 11.7 Å². The van der Waals surface area contributed by atoms with Gasteiger partial charge < -0.3 is 15.2 Å². The van der Waals surface area contributed by atoms with Gasteiger partial charge in [-0.2, -0.15) is 4.68 Å². The summed E-state index contributed by atoms with van der Waals surface area (Å²) in [6.45, 7) is 0.627. The molecule has 9 nitrogen and oxygen atoms in total. The predicted octanol–water partition coefficient (Wildman–Crippen LogP) is 3.09. The van der Waals surface area contributed by atoms with Gasteiger partial charge >= 0.3 is 5.69 Å². The number of hydrogen-bond acceptors (Lipinski definition) is 6. The summed E-state index contributed by atoms with van der Waals surface area (Å²) in [6, 6.07) is 13.9. The van der Waals surface area contributed by atoms with Gasteiger partial charge in [0.25, 0.3) is 0 Å². The Morgan fingerprint density at radius 2 is 2.11 bits per heavy atom. The Hall–Kier alpha value is -4.47. The van der Waals surface area contributed by atoms with Crippen LogP contribution in [0.15, 0.2) is 59.5 Å². The Labute approximate surface area is 206 Å². The molecule has 2 aromatic heterocycles. The number of ether oxygens (including phenoxy) is 2. The van der Waals surface area contributed by atoms with Crippen molar-refractivity contribution < 1.29 is 13.9 Å². The molecule has 4 N–H and O–H groups in total. The van der Waals surface area contributed by atoms with E-state index in [0.29, 0.717) is 30.2 Å². The quantitative estimate of drug-likeness (QED) is 0.271. The van der Waals surface area contributed by atoms with Crippen LogP contribution in [-0.4, -0.2) is 39.3 Å². The molecule has 10 heteroatoms. The fraction of sp³-hybridized carbons (Fsp3) is 0.231. The van der Waals surface area contributed by atoms with E-state index in [9.17, 15) is 9.18 Å². The maximum absolute atomic E-state index is 14.4. The summed E-state index contributed by atoms with van der Waals surface area (Å²) >= 11 is 0. The fourth-order valence-electron chi connectivity index (χ4n) is 4.43. The van der Waals surface area contributed by atoms with Crippen LogP contribution in [0, 0.1) is 11.2 Å². The van der Waals surface area contributed by atoms with Crippen LogP contribution in [0.5, 0.6) is 11.5 Å². The maximum atomic E-state index is 14.4. The molecule has 1 atom stereocenters. The van der Waals surface area contributed by atoms with Gasteiger partial charge in [-0.3, -0.25) is 10.4 Å². The van der Waals surface area contributed by atoms with Crippen LogP contribution in [0.4, 0.5) is 4.39 Å². The largest absolute Gasteiger partial charge is 0.493 e. The zero-order chi connectivity index (χ0) is 25.2. The van der Waals surface area contributed by atoms with E-state index in [1.807, 2.05) is 24.3 Å². The first-order valence-electron chi connectivity index (χ1n) is 11.5. The Kier molecular flexibility index (Phi) is 6.24. The van der Waals surface area contributed by atoms with Crippen LogP contribution in [-0.2, 0) is 12.8 Å². The molecule has 2 aromatic carbocycles. The molecule has 184 valence electrons. The smallest absolute Gasteiger partial charge is 0.349 e. The third-order valence-electron chi connectivity index (χ3n) is 6.22. The average Bonchev–Trinajstić information content (AvgIpc) is 3.27. The normalized spacial score (nSPS) is 13.5. The van der Waals surface area contributed by atoms with Gasteiger partial charge in [-0.15, -0.1) is 5.10 Å². The number of nitrogens with two attached hydrogens (primary N) is 1. The molecule has 0 spiro atoms. The lowest BCUT2D eigenvalue weighted by Crippen LogP contribution is -2.18. The van der Waals surface area contributed by atoms with Gasteiger partial charge in [0.15, 0.2) is 23.1 Å². The molecule has 4 aromatic rings. The lowest BCUT2D eigenvalue weighted by Gasteiger charge is -2.23. The van der Waals surface area contributed by atoms with Gasteiger partial charge in [-0.1, -0.05) is 30.3 Å². The van der Waals surface area contributed by atoms with Gasteiger partial charge in [0.05, 0.1) is 13.7 Å². The summed E-state index contributed by atoms with van der Waals surface area (Å²) in [5, 5.41) is 12.1. The van der Waals surface area contributed by atoms with Crippen molar-refractivity contribution in [3.63, 3.8) is 0 Å². The van der Waals surface area contributed by atoms with Crippen molar-refractivity contribution in [1.82, 2.24) is 19.7 Å². The van der Waals surface area contributed by atoms with Gasteiger partial charge in [-0.05, 0) is 54.2 Å². The molecule has 0 fully saturated rings. The first kappa shape index (κ1) is 23.3. The van der Waals surface area contributed by atoms with E-state index in [2.05, 4.69) is 15.1 Å². The summed E-state index contributed by atoms with van der Waals surface area (Å²) in [4.78, 5) is 19.6. The van der Waals surface area contributed by atoms with Crippen LogP contribution >= 0.6 is 0 Å². The fourth-order valence-corrected chi connectivity index (χ4v) is 4.43. The zero-order valence-corrected chi connectivity index (χ0v) is 19.6. The number of fused-ring (bicyclic) bond motifs is 1. The van der Waals surface area contributed by atoms with E-state index in [4.69, 9.17) is 20.6 Å². The second-order valence-electron chi connectivity index (χ2n) is 8.57. The minimum absolute atomic E-state index is 0.0158. The molecule has 0 saturated carbocycles. The van der Waals surface area contributed by atoms with E-state index >= 15 is 0 Å². The Morgan fingerprint density at radius 3 is 2.83 bits per heavy atom. The number of benzene rings is 2. The molecule has 36 heavy (non-hydrogen) atoms. The molecular weight excluding hydrogens is 463 g/mol. The highest BCUT2D eigenvalue weighted by atomic mass is 19.1. The highest BCUT2D eigenvalue weighted by Crippen LogP contribution is 2.39. The monoisotopic (exact) mass is 488 g/mol. The Morgan fingerprint density at radius 1 is 1.31 bits per heavy atom. The van der Waals surface area contributed by atoms with Crippen LogP contribution in [0.25, 0.3) is 5.82 Å². The summed E-state index contributed by atoms with van der Waals surface area (Å²) < 4.78 is 26.8. The SMILES string of the molecule is COc1cc(C(Cc2ccc(C(=N)N)cc2)c2nn(-c3ncccc3F)c(=O)[nH]2)cc2c1OCCC2. The van der Waals surface area contributed by atoms with Gasteiger partial charge in [0, 0.05) is 17.7 Å². The van der Waals surface area contributed by atoms with Crippen molar-refractivity contribution in [2.24, 2.45) is 5.73 Å². The second-order valence-corrected chi connectivity index (χ2v) is 8.57. The summed E-state index contributed by atoms with van der Waals surface area (Å²) in [7, 11) is 1.59. The number of aryl methyl sites for hydroxylation is 1. The molecule has 0 bridgehead atoms. The molecule has 1 aliphatic rings. The van der Waals surface area contributed by atoms with Crippen molar-refractivity contribution in [1.29, 1.82) is 5.41 Å². The number of rotatable bonds is 7. The molecule has 0 aliphatic carbocycles. The molecule has 3 heterocycles. The lowest BCUT2D eigenvalue weighted by atomic mass is 9.88. The standard InChI is InChI=1S/C26H25FN6O3/c1-35-21-14-18(13-17-4-3-11-36-22(17)21)19(12-15-6-8-16(9-7-15)23(28)29)24-31-26(34)33(32-24)25-20(27)5-2-10-30-25/h2,5-10,13-14,19H,3-4,11-12H2,1H3,(H3,28,29)(H,31,32,34). The lowest BCUT2D eigenvalue weighted by molar-refractivity contribution is 0.269. The highest BCUT2D eigenvalue weighted by Gasteiger charge is 2.26. The predicted molar refractivity (Wildman–Crippen MR) is 132 cm³/mol. The number of halogens is 1. The minimum atomic E-state index is -0.651. The highest BCUT2D eigenvalue weighted by molar-refractivity contribution is 5.94. The van der Waals surface area contributed by atoms with Crippen molar-refractivity contribution >= 4 is 5.84 Å². The van der Waals surface area contributed by atoms with Crippen LogP contribution in [0.2, 0.25) is 0 Å². The number of H-pyrrole nitrogens is 1. The number of amidine groups is 1. The van der Waals surface area contributed by atoms with Gasteiger partial charge in [-0.25, -0.2) is 14.2 Å². The van der Waals surface area contributed by atoms with Crippen LogP contribution in [0.3, 0.4) is 0 Å². The number of nitrogen functional groups attached to an aromatic ring is 1. The number of hydrogen-bond donors (Lipinski definition) is 3. The number of methoxy groups -OCH3 is 1. The summed E-state index contributed by atoms with van der Waals surface area (Å²) in [5.74, 6) is 0.461. The van der Waals surface area contributed by atoms with E-state index in [0.717, 1.165) is 40.0 Å². The first-order chi connectivity index (χ1) is 17.4. The Balaban J connectivity index is 1.62. The third kappa shape index (κ3) is 4.45. The van der Waals surface area contributed by atoms with E-state index < -0.39 is 17.4 Å². The average molecular weight is 489 g/mol.